The second kappa shape index (κ2) is 8.57. The van der Waals surface area contributed by atoms with E-state index in [0.29, 0.717) is 33.6 Å². The lowest BCUT2D eigenvalue weighted by atomic mass is 10.2. The molecule has 0 aliphatic rings. The van der Waals surface area contributed by atoms with E-state index in [0.717, 1.165) is 0 Å². The van der Waals surface area contributed by atoms with Gasteiger partial charge in [0.2, 0.25) is 0 Å². The van der Waals surface area contributed by atoms with E-state index in [1.165, 1.54) is 6.07 Å². The van der Waals surface area contributed by atoms with Gasteiger partial charge in [-0.3, -0.25) is 9.59 Å². The number of amides is 2. The zero-order valence-corrected chi connectivity index (χ0v) is 14.4. The molecule has 2 N–H and O–H groups in total. The number of carbonyl (C=O) groups excluding carboxylic acids is 2. The Bertz CT molecular complexity index is 750. The summed E-state index contributed by atoms with van der Waals surface area (Å²) in [6, 6.07) is 11.4. The van der Waals surface area contributed by atoms with Gasteiger partial charge >= 0.3 is 0 Å². The standard InChI is InChI=1S/C17H16Cl2N2O3/c1-2-20-17(23)11-4-3-5-12(8-11)21-16(22)10-24-13-6-7-14(18)15(19)9-13/h3-9H,2,10H2,1H3,(H,20,23)(H,21,22). The number of halogens is 2. The summed E-state index contributed by atoms with van der Waals surface area (Å²) in [6.45, 7) is 2.18. The quantitative estimate of drug-likeness (QED) is 0.817. The molecular formula is C17H16Cl2N2O3. The third-order valence-electron chi connectivity index (χ3n) is 3.01. The van der Waals surface area contributed by atoms with Gasteiger partial charge in [0.05, 0.1) is 10.0 Å². The highest BCUT2D eigenvalue weighted by Gasteiger charge is 2.08. The average molecular weight is 367 g/mol. The minimum atomic E-state index is -0.353. The van der Waals surface area contributed by atoms with Gasteiger partial charge in [0.1, 0.15) is 5.75 Å². The van der Waals surface area contributed by atoms with Gasteiger partial charge in [0.25, 0.3) is 11.8 Å². The molecule has 0 atom stereocenters. The average Bonchev–Trinajstić information content (AvgIpc) is 2.56. The minimum Gasteiger partial charge on any atom is -0.484 e. The molecular weight excluding hydrogens is 351 g/mol. The predicted molar refractivity (Wildman–Crippen MR) is 95.0 cm³/mol. The van der Waals surface area contributed by atoms with Crippen LogP contribution in [-0.4, -0.2) is 25.0 Å². The Morgan fingerprint density at radius 1 is 1.08 bits per heavy atom. The molecule has 0 saturated carbocycles. The van der Waals surface area contributed by atoms with E-state index in [1.807, 2.05) is 6.92 Å². The van der Waals surface area contributed by atoms with Crippen LogP contribution < -0.4 is 15.4 Å². The minimum absolute atomic E-state index is 0.191. The number of hydrogen-bond acceptors (Lipinski definition) is 3. The summed E-state index contributed by atoms with van der Waals surface area (Å²) in [5.41, 5.74) is 0.988. The first-order chi connectivity index (χ1) is 11.5. The van der Waals surface area contributed by atoms with Gasteiger partial charge in [-0.15, -0.1) is 0 Å². The number of ether oxygens (including phenoxy) is 1. The highest BCUT2D eigenvalue weighted by atomic mass is 35.5. The Hall–Kier alpha value is -2.24. The summed E-state index contributed by atoms with van der Waals surface area (Å²) in [5, 5.41) is 6.14. The van der Waals surface area contributed by atoms with Crippen LogP contribution in [0.2, 0.25) is 10.0 Å². The Kier molecular flexibility index (Phi) is 6.46. The van der Waals surface area contributed by atoms with Crippen molar-refractivity contribution in [3.63, 3.8) is 0 Å². The topological polar surface area (TPSA) is 67.4 Å². The number of benzene rings is 2. The zero-order valence-electron chi connectivity index (χ0n) is 12.9. The first kappa shape index (κ1) is 18.1. The molecule has 24 heavy (non-hydrogen) atoms. The number of hydrogen-bond donors (Lipinski definition) is 2. The molecule has 2 rings (SSSR count). The lowest BCUT2D eigenvalue weighted by Crippen LogP contribution is -2.23. The Balaban J connectivity index is 1.93. The lowest BCUT2D eigenvalue weighted by molar-refractivity contribution is -0.118. The summed E-state index contributed by atoms with van der Waals surface area (Å²) in [5.74, 6) is -0.106. The molecule has 2 amide bonds. The van der Waals surface area contributed by atoms with Crippen LogP contribution in [0, 0.1) is 0 Å². The largest absolute Gasteiger partial charge is 0.484 e. The number of rotatable bonds is 6. The molecule has 0 aliphatic heterocycles. The van der Waals surface area contributed by atoms with Crippen molar-refractivity contribution in [3.8, 4) is 5.75 Å². The fourth-order valence-electron chi connectivity index (χ4n) is 1.91. The molecule has 0 spiro atoms. The smallest absolute Gasteiger partial charge is 0.262 e. The van der Waals surface area contributed by atoms with E-state index >= 15 is 0 Å². The van der Waals surface area contributed by atoms with Crippen LogP contribution in [0.1, 0.15) is 17.3 Å². The summed E-state index contributed by atoms with van der Waals surface area (Å²) < 4.78 is 5.36. The Labute approximate surface area is 149 Å². The lowest BCUT2D eigenvalue weighted by Gasteiger charge is -2.09. The first-order valence-corrected chi connectivity index (χ1v) is 8.01. The van der Waals surface area contributed by atoms with E-state index in [1.54, 1.807) is 36.4 Å². The molecule has 5 nitrogen and oxygen atoms in total. The van der Waals surface area contributed by atoms with Crippen molar-refractivity contribution in [2.75, 3.05) is 18.5 Å². The van der Waals surface area contributed by atoms with Crippen LogP contribution in [0.4, 0.5) is 5.69 Å². The van der Waals surface area contributed by atoms with E-state index in [2.05, 4.69) is 10.6 Å². The van der Waals surface area contributed by atoms with E-state index in [9.17, 15) is 9.59 Å². The normalized spacial score (nSPS) is 10.1. The second-order valence-corrected chi connectivity index (χ2v) is 5.67. The summed E-state index contributed by atoms with van der Waals surface area (Å²) in [7, 11) is 0. The van der Waals surface area contributed by atoms with Crippen molar-refractivity contribution in [1.82, 2.24) is 5.32 Å². The van der Waals surface area contributed by atoms with Crippen molar-refractivity contribution < 1.29 is 14.3 Å². The van der Waals surface area contributed by atoms with Gasteiger partial charge in [-0.25, -0.2) is 0 Å². The maximum atomic E-state index is 11.9. The fraction of sp³-hybridized carbons (Fsp3) is 0.176. The molecule has 0 aliphatic carbocycles. The van der Waals surface area contributed by atoms with E-state index in [-0.39, 0.29) is 18.4 Å². The van der Waals surface area contributed by atoms with Crippen molar-refractivity contribution in [2.45, 2.75) is 6.92 Å². The summed E-state index contributed by atoms with van der Waals surface area (Å²) in [4.78, 5) is 23.7. The van der Waals surface area contributed by atoms with E-state index < -0.39 is 0 Å². The molecule has 0 aromatic heterocycles. The molecule has 0 saturated heterocycles. The maximum absolute atomic E-state index is 11.9. The predicted octanol–water partition coefficient (Wildman–Crippen LogP) is 3.76. The van der Waals surface area contributed by atoms with Gasteiger partial charge in [-0.05, 0) is 37.3 Å². The van der Waals surface area contributed by atoms with Crippen LogP contribution in [0.25, 0.3) is 0 Å². The molecule has 0 heterocycles. The van der Waals surface area contributed by atoms with Crippen LogP contribution in [0.15, 0.2) is 42.5 Å². The first-order valence-electron chi connectivity index (χ1n) is 7.25. The van der Waals surface area contributed by atoms with Gasteiger partial charge in [-0.2, -0.15) is 0 Å². The molecule has 2 aromatic rings. The molecule has 0 bridgehead atoms. The number of anilines is 1. The van der Waals surface area contributed by atoms with Crippen molar-refractivity contribution in [3.05, 3.63) is 58.1 Å². The molecule has 126 valence electrons. The monoisotopic (exact) mass is 366 g/mol. The van der Waals surface area contributed by atoms with Crippen molar-refractivity contribution >= 4 is 40.7 Å². The van der Waals surface area contributed by atoms with E-state index in [4.69, 9.17) is 27.9 Å². The molecule has 0 unspecified atom stereocenters. The highest BCUT2D eigenvalue weighted by Crippen LogP contribution is 2.26. The molecule has 7 heteroatoms. The summed E-state index contributed by atoms with van der Waals surface area (Å²) in [6.07, 6.45) is 0. The summed E-state index contributed by atoms with van der Waals surface area (Å²) >= 11 is 11.7. The third kappa shape index (κ3) is 5.15. The highest BCUT2D eigenvalue weighted by molar-refractivity contribution is 6.42. The fourth-order valence-corrected chi connectivity index (χ4v) is 2.20. The maximum Gasteiger partial charge on any atom is 0.262 e. The van der Waals surface area contributed by atoms with Crippen molar-refractivity contribution in [1.29, 1.82) is 0 Å². The van der Waals surface area contributed by atoms with Gasteiger partial charge in [0.15, 0.2) is 6.61 Å². The second-order valence-electron chi connectivity index (χ2n) is 4.85. The Morgan fingerprint density at radius 3 is 2.58 bits per heavy atom. The van der Waals surface area contributed by atoms with Gasteiger partial charge in [-0.1, -0.05) is 29.3 Å². The van der Waals surface area contributed by atoms with Crippen LogP contribution >= 0.6 is 23.2 Å². The number of carbonyl (C=O) groups is 2. The molecule has 0 fully saturated rings. The van der Waals surface area contributed by atoms with Crippen LogP contribution in [-0.2, 0) is 4.79 Å². The molecule has 2 aromatic carbocycles. The zero-order chi connectivity index (χ0) is 17.5. The Morgan fingerprint density at radius 2 is 1.88 bits per heavy atom. The third-order valence-corrected chi connectivity index (χ3v) is 3.75. The van der Waals surface area contributed by atoms with Crippen molar-refractivity contribution in [2.24, 2.45) is 0 Å². The van der Waals surface area contributed by atoms with Gasteiger partial charge in [0, 0.05) is 23.9 Å². The SMILES string of the molecule is CCNC(=O)c1cccc(NC(=O)COc2ccc(Cl)c(Cl)c2)c1. The number of nitrogens with one attached hydrogen (secondary N) is 2. The van der Waals surface area contributed by atoms with Crippen LogP contribution in [0.3, 0.4) is 0 Å². The van der Waals surface area contributed by atoms with Crippen LogP contribution in [0.5, 0.6) is 5.75 Å². The molecule has 0 radical (unpaired) electrons. The van der Waals surface area contributed by atoms with Gasteiger partial charge < -0.3 is 15.4 Å².